The van der Waals surface area contributed by atoms with E-state index in [1.54, 1.807) is 20.8 Å². The van der Waals surface area contributed by atoms with Crippen LogP contribution >= 0.6 is 0 Å². The van der Waals surface area contributed by atoms with Gasteiger partial charge < -0.3 is 10.1 Å². The zero-order valence-corrected chi connectivity index (χ0v) is 11.5. The summed E-state index contributed by atoms with van der Waals surface area (Å²) in [6.07, 6.45) is -0.464. The van der Waals surface area contributed by atoms with Crippen LogP contribution in [0, 0.1) is 0 Å². The zero-order chi connectivity index (χ0) is 14.0. The highest BCUT2D eigenvalue weighted by Crippen LogP contribution is 2.09. The summed E-state index contributed by atoms with van der Waals surface area (Å²) >= 11 is 0. The van der Waals surface area contributed by atoms with Crippen molar-refractivity contribution in [2.75, 3.05) is 12.3 Å². The number of ketones is 1. The van der Waals surface area contributed by atoms with Crippen molar-refractivity contribution in [1.82, 2.24) is 10.0 Å². The quantitative estimate of drug-likeness (QED) is 0.742. The Kier molecular flexibility index (Phi) is 4.33. The molecule has 1 fully saturated rings. The Labute approximate surface area is 106 Å². The lowest BCUT2D eigenvalue weighted by molar-refractivity contribution is -0.119. The molecule has 2 N–H and O–H groups in total. The van der Waals surface area contributed by atoms with Crippen molar-refractivity contribution in [3.8, 4) is 0 Å². The second-order valence-electron chi connectivity index (χ2n) is 5.10. The first-order chi connectivity index (χ1) is 8.09. The van der Waals surface area contributed by atoms with Gasteiger partial charge in [-0.3, -0.25) is 4.79 Å². The molecule has 0 spiro atoms. The van der Waals surface area contributed by atoms with E-state index in [0.29, 0.717) is 0 Å². The highest BCUT2D eigenvalue weighted by molar-refractivity contribution is 7.89. The largest absolute Gasteiger partial charge is 0.444 e. The monoisotopic (exact) mass is 278 g/mol. The van der Waals surface area contributed by atoms with Crippen LogP contribution in [0.2, 0.25) is 0 Å². The van der Waals surface area contributed by atoms with Gasteiger partial charge in [-0.25, -0.2) is 17.9 Å². The highest BCUT2D eigenvalue weighted by Gasteiger charge is 2.31. The molecule has 1 rings (SSSR count). The summed E-state index contributed by atoms with van der Waals surface area (Å²) in [5.41, 5.74) is -0.637. The van der Waals surface area contributed by atoms with Crippen molar-refractivity contribution in [2.45, 2.75) is 38.8 Å². The molecular formula is C10H18N2O5S. The number of rotatable bonds is 3. The average molecular weight is 278 g/mol. The molecule has 1 aliphatic rings. The maximum absolute atomic E-state index is 11.6. The van der Waals surface area contributed by atoms with E-state index in [1.165, 1.54) is 0 Å². The molecule has 0 radical (unpaired) electrons. The second kappa shape index (κ2) is 5.23. The molecule has 1 amide bonds. The second-order valence-corrected chi connectivity index (χ2v) is 6.97. The van der Waals surface area contributed by atoms with E-state index in [1.807, 2.05) is 0 Å². The number of nitrogens with one attached hydrogen (secondary N) is 2. The van der Waals surface area contributed by atoms with Crippen molar-refractivity contribution in [3.05, 3.63) is 0 Å². The third-order valence-electron chi connectivity index (χ3n) is 2.19. The number of alkyl carbamates (subject to hydrolysis) is 1. The van der Waals surface area contributed by atoms with Crippen molar-refractivity contribution in [2.24, 2.45) is 0 Å². The molecule has 1 unspecified atom stereocenters. The van der Waals surface area contributed by atoms with Crippen LogP contribution in [-0.2, 0) is 19.6 Å². The SMILES string of the molecule is CC(C)(C)OC(=O)NCC(=O)C1CCS(=O)(=O)N1. The fourth-order valence-electron chi connectivity index (χ4n) is 1.43. The first-order valence-electron chi connectivity index (χ1n) is 5.59. The van der Waals surface area contributed by atoms with Crippen LogP contribution in [0.25, 0.3) is 0 Å². The third-order valence-corrected chi connectivity index (χ3v) is 3.61. The van der Waals surface area contributed by atoms with Crippen molar-refractivity contribution in [1.29, 1.82) is 0 Å². The Balaban J connectivity index is 2.36. The van der Waals surface area contributed by atoms with Gasteiger partial charge in [-0.15, -0.1) is 0 Å². The number of hydrogen-bond acceptors (Lipinski definition) is 5. The van der Waals surface area contributed by atoms with Gasteiger partial charge in [0.1, 0.15) is 5.60 Å². The first-order valence-corrected chi connectivity index (χ1v) is 7.24. The molecule has 104 valence electrons. The van der Waals surface area contributed by atoms with E-state index >= 15 is 0 Å². The summed E-state index contributed by atoms with van der Waals surface area (Å²) in [6, 6.07) is -0.745. The van der Waals surface area contributed by atoms with Gasteiger partial charge in [0.25, 0.3) is 0 Å². The van der Waals surface area contributed by atoms with Gasteiger partial charge in [0.15, 0.2) is 5.78 Å². The predicted molar refractivity (Wildman–Crippen MR) is 64.6 cm³/mol. The molecule has 1 atom stereocenters. The molecule has 1 aliphatic heterocycles. The summed E-state index contributed by atoms with van der Waals surface area (Å²) < 4.78 is 29.4. The lowest BCUT2D eigenvalue weighted by Crippen LogP contribution is -2.42. The summed E-state index contributed by atoms with van der Waals surface area (Å²) in [5.74, 6) is -0.433. The van der Waals surface area contributed by atoms with E-state index in [0.717, 1.165) is 0 Å². The van der Waals surface area contributed by atoms with E-state index < -0.39 is 27.8 Å². The third kappa shape index (κ3) is 5.01. The molecule has 0 aromatic rings. The van der Waals surface area contributed by atoms with Crippen molar-refractivity contribution in [3.63, 3.8) is 0 Å². The number of sulfonamides is 1. The van der Waals surface area contributed by atoms with E-state index in [2.05, 4.69) is 10.0 Å². The average Bonchev–Trinajstić information content (AvgIpc) is 2.52. The standard InChI is InChI=1S/C10H18N2O5S/c1-10(2,3)17-9(14)11-6-8(13)7-4-5-18(15,16)12-7/h7,12H,4-6H2,1-3H3,(H,11,14). The summed E-state index contributed by atoms with van der Waals surface area (Å²) in [4.78, 5) is 22.9. The smallest absolute Gasteiger partial charge is 0.408 e. The summed E-state index contributed by atoms with van der Waals surface area (Å²) in [7, 11) is -3.32. The predicted octanol–water partition coefficient (Wildman–Crippen LogP) is -0.228. The number of ether oxygens (including phenoxy) is 1. The van der Waals surface area contributed by atoms with Crippen LogP contribution in [-0.4, -0.2) is 44.2 Å². The van der Waals surface area contributed by atoms with Gasteiger partial charge in [0, 0.05) is 0 Å². The molecule has 8 heteroatoms. The van der Waals surface area contributed by atoms with Gasteiger partial charge >= 0.3 is 6.09 Å². The molecule has 1 heterocycles. The summed E-state index contributed by atoms with van der Waals surface area (Å²) in [5, 5.41) is 2.30. The Morgan fingerprint density at radius 3 is 2.44 bits per heavy atom. The van der Waals surface area contributed by atoms with Gasteiger partial charge in [-0.1, -0.05) is 0 Å². The molecule has 0 aliphatic carbocycles. The number of Topliss-reactive ketones (excluding diaryl/α,β-unsaturated/α-hetero) is 1. The Hall–Kier alpha value is -1.15. The molecule has 0 aromatic carbocycles. The van der Waals surface area contributed by atoms with Crippen LogP contribution in [0.1, 0.15) is 27.2 Å². The van der Waals surface area contributed by atoms with Crippen LogP contribution in [0.4, 0.5) is 4.79 Å². The van der Waals surface area contributed by atoms with Crippen molar-refractivity contribution >= 4 is 21.9 Å². The van der Waals surface area contributed by atoms with Crippen LogP contribution < -0.4 is 10.0 Å². The lowest BCUT2D eigenvalue weighted by Gasteiger charge is -2.19. The zero-order valence-electron chi connectivity index (χ0n) is 10.6. The molecular weight excluding hydrogens is 260 g/mol. The lowest BCUT2D eigenvalue weighted by atomic mass is 10.1. The Morgan fingerprint density at radius 2 is 2.00 bits per heavy atom. The highest BCUT2D eigenvalue weighted by atomic mass is 32.2. The topological polar surface area (TPSA) is 102 Å². The molecule has 0 saturated carbocycles. The minimum atomic E-state index is -3.32. The number of hydrogen-bond donors (Lipinski definition) is 2. The minimum Gasteiger partial charge on any atom is -0.444 e. The number of carbonyl (C=O) groups excluding carboxylic acids is 2. The molecule has 7 nitrogen and oxygen atoms in total. The minimum absolute atomic E-state index is 0.0597. The van der Waals surface area contributed by atoms with Gasteiger partial charge in [-0.05, 0) is 27.2 Å². The Morgan fingerprint density at radius 1 is 1.39 bits per heavy atom. The van der Waals surface area contributed by atoms with Crippen LogP contribution in [0.5, 0.6) is 0 Å². The number of amides is 1. The summed E-state index contributed by atoms with van der Waals surface area (Å²) in [6.45, 7) is 4.88. The first kappa shape index (κ1) is 14.9. The van der Waals surface area contributed by atoms with Gasteiger partial charge in [-0.2, -0.15) is 0 Å². The maximum atomic E-state index is 11.6. The molecule has 1 saturated heterocycles. The van der Waals surface area contributed by atoms with E-state index in [9.17, 15) is 18.0 Å². The fourth-order valence-corrected chi connectivity index (χ4v) is 2.78. The number of carbonyl (C=O) groups is 2. The molecule has 18 heavy (non-hydrogen) atoms. The van der Waals surface area contributed by atoms with Crippen LogP contribution in [0.3, 0.4) is 0 Å². The molecule has 0 bridgehead atoms. The van der Waals surface area contributed by atoms with Crippen molar-refractivity contribution < 1.29 is 22.7 Å². The Bertz CT molecular complexity index is 438. The van der Waals surface area contributed by atoms with Crippen LogP contribution in [0.15, 0.2) is 0 Å². The van der Waals surface area contributed by atoms with Gasteiger partial charge in [0.2, 0.25) is 10.0 Å². The normalized spacial score (nSPS) is 22.5. The van der Waals surface area contributed by atoms with E-state index in [-0.39, 0.29) is 24.5 Å². The van der Waals surface area contributed by atoms with Gasteiger partial charge in [0.05, 0.1) is 18.3 Å². The fraction of sp³-hybridized carbons (Fsp3) is 0.800. The maximum Gasteiger partial charge on any atom is 0.408 e. The molecule has 0 aromatic heterocycles. The van der Waals surface area contributed by atoms with E-state index in [4.69, 9.17) is 4.74 Å².